The van der Waals surface area contributed by atoms with Gasteiger partial charge in [0.2, 0.25) is 0 Å². The quantitative estimate of drug-likeness (QED) is 0.347. The minimum Gasteiger partial charge on any atom is -0.497 e. The van der Waals surface area contributed by atoms with Crippen molar-refractivity contribution in [1.29, 1.82) is 0 Å². The van der Waals surface area contributed by atoms with Crippen LogP contribution >= 0.6 is 11.3 Å². The van der Waals surface area contributed by atoms with E-state index in [0.717, 1.165) is 27.3 Å². The molecule has 8 nitrogen and oxygen atoms in total. The first-order valence-electron chi connectivity index (χ1n) is 10.3. The van der Waals surface area contributed by atoms with Crippen molar-refractivity contribution in [1.82, 2.24) is 19.9 Å². The molecule has 5 rings (SSSR count). The first-order chi connectivity index (χ1) is 16.2. The Morgan fingerprint density at radius 3 is 2.64 bits per heavy atom. The van der Waals surface area contributed by atoms with Gasteiger partial charge in [-0.15, -0.1) is 0 Å². The van der Waals surface area contributed by atoms with Crippen LogP contribution in [0.15, 0.2) is 79.3 Å². The van der Waals surface area contributed by atoms with Crippen molar-refractivity contribution in [2.75, 3.05) is 23.1 Å². The van der Waals surface area contributed by atoms with Gasteiger partial charge in [-0.05, 0) is 35.9 Å². The van der Waals surface area contributed by atoms with Crippen molar-refractivity contribution in [3.63, 3.8) is 0 Å². The molecular formula is C24H21N7OS. The van der Waals surface area contributed by atoms with Crippen LogP contribution in [0, 0.1) is 0 Å². The maximum Gasteiger partial charge on any atom is 0.189 e. The molecule has 33 heavy (non-hydrogen) atoms. The van der Waals surface area contributed by atoms with E-state index >= 15 is 0 Å². The van der Waals surface area contributed by atoms with Gasteiger partial charge < -0.3 is 20.7 Å². The summed E-state index contributed by atoms with van der Waals surface area (Å²) in [5, 5.41) is 3.94. The molecule has 0 saturated carbocycles. The summed E-state index contributed by atoms with van der Waals surface area (Å²) in [7, 11) is 1.65. The fraction of sp³-hybridized carbons (Fsp3) is 0.0833. The summed E-state index contributed by atoms with van der Waals surface area (Å²) in [6.45, 7) is 0.555. The summed E-state index contributed by atoms with van der Waals surface area (Å²) in [4.78, 5) is 20.0. The third kappa shape index (κ3) is 4.39. The fourth-order valence-electron chi connectivity index (χ4n) is 3.43. The molecular weight excluding hydrogens is 434 g/mol. The number of nitrogens with one attached hydrogen (secondary N) is 1. The minimum absolute atomic E-state index is 0.413. The van der Waals surface area contributed by atoms with E-state index in [1.165, 1.54) is 17.7 Å². The molecule has 0 amide bonds. The SMILES string of the molecule is COc1ccc2nc(Nc3ncnc(N(Cc4ccccc4)c4ccccn4)c3N)sc2c1. The molecule has 3 N–H and O–H groups in total. The van der Waals surface area contributed by atoms with Gasteiger partial charge in [0, 0.05) is 6.20 Å². The van der Waals surface area contributed by atoms with Crippen LogP contribution in [0.25, 0.3) is 10.2 Å². The zero-order valence-electron chi connectivity index (χ0n) is 17.8. The Morgan fingerprint density at radius 2 is 1.85 bits per heavy atom. The molecule has 0 unspecified atom stereocenters. The van der Waals surface area contributed by atoms with Crippen molar-refractivity contribution >= 4 is 49.8 Å². The minimum atomic E-state index is 0.413. The number of thiazole rings is 1. The lowest BCUT2D eigenvalue weighted by molar-refractivity contribution is 0.415. The van der Waals surface area contributed by atoms with Crippen molar-refractivity contribution in [2.45, 2.75) is 6.54 Å². The zero-order valence-corrected chi connectivity index (χ0v) is 18.7. The Kier molecular flexibility index (Phi) is 5.69. The normalized spacial score (nSPS) is 10.8. The number of rotatable bonds is 7. The Balaban J connectivity index is 1.50. The molecule has 2 aromatic carbocycles. The predicted octanol–water partition coefficient (Wildman–Crippen LogP) is 5.15. The molecule has 0 radical (unpaired) electrons. The topological polar surface area (TPSA) is 102 Å². The number of nitrogens with two attached hydrogens (primary N) is 1. The van der Waals surface area contributed by atoms with E-state index < -0.39 is 0 Å². The van der Waals surface area contributed by atoms with E-state index in [9.17, 15) is 0 Å². The van der Waals surface area contributed by atoms with E-state index in [1.807, 2.05) is 59.5 Å². The number of nitrogens with zero attached hydrogens (tertiary/aromatic N) is 5. The third-order valence-corrected chi connectivity index (χ3v) is 5.98. The Morgan fingerprint density at radius 1 is 1.00 bits per heavy atom. The highest BCUT2D eigenvalue weighted by atomic mass is 32.1. The molecule has 3 heterocycles. The molecule has 0 bridgehead atoms. The number of hydrogen-bond acceptors (Lipinski definition) is 9. The van der Waals surface area contributed by atoms with Crippen LogP contribution in [0.5, 0.6) is 5.75 Å². The number of nitrogen functional groups attached to an aromatic ring is 1. The number of fused-ring (bicyclic) bond motifs is 1. The molecule has 0 atom stereocenters. The average molecular weight is 456 g/mol. The number of hydrogen-bond donors (Lipinski definition) is 2. The van der Waals surface area contributed by atoms with Crippen molar-refractivity contribution in [3.8, 4) is 5.75 Å². The average Bonchev–Trinajstić information content (AvgIpc) is 3.27. The molecule has 0 spiro atoms. The second-order valence-corrected chi connectivity index (χ2v) is 8.23. The predicted molar refractivity (Wildman–Crippen MR) is 132 cm³/mol. The third-order valence-electron chi connectivity index (χ3n) is 5.05. The van der Waals surface area contributed by atoms with Crippen LogP contribution in [-0.2, 0) is 6.54 Å². The van der Waals surface area contributed by atoms with E-state index in [1.54, 1.807) is 13.3 Å². The first kappa shape index (κ1) is 20.7. The van der Waals surface area contributed by atoms with Gasteiger partial charge in [0.1, 0.15) is 23.6 Å². The number of aromatic nitrogens is 4. The first-order valence-corrected chi connectivity index (χ1v) is 11.1. The highest BCUT2D eigenvalue weighted by Crippen LogP contribution is 2.35. The number of methoxy groups -OCH3 is 1. The second kappa shape index (κ2) is 9.09. The Hall–Kier alpha value is -4.24. The van der Waals surface area contributed by atoms with E-state index in [-0.39, 0.29) is 0 Å². The fourth-order valence-corrected chi connectivity index (χ4v) is 4.32. The van der Waals surface area contributed by atoms with Crippen molar-refractivity contribution < 1.29 is 4.74 Å². The second-order valence-electron chi connectivity index (χ2n) is 7.20. The van der Waals surface area contributed by atoms with E-state index in [2.05, 4.69) is 37.4 Å². The Labute approximate surface area is 194 Å². The molecule has 0 aliphatic heterocycles. The summed E-state index contributed by atoms with van der Waals surface area (Å²) in [5.41, 5.74) is 8.95. The number of benzene rings is 2. The maximum absolute atomic E-state index is 6.56. The van der Waals surface area contributed by atoms with Crippen LogP contribution < -0.4 is 20.7 Å². The summed E-state index contributed by atoms with van der Waals surface area (Å²) in [6.07, 6.45) is 3.24. The molecule has 0 saturated heterocycles. The van der Waals surface area contributed by atoms with Gasteiger partial charge in [0.25, 0.3) is 0 Å². The lowest BCUT2D eigenvalue weighted by Crippen LogP contribution is -2.21. The largest absolute Gasteiger partial charge is 0.497 e. The summed E-state index contributed by atoms with van der Waals surface area (Å²) < 4.78 is 6.31. The number of ether oxygens (including phenoxy) is 1. The lowest BCUT2D eigenvalue weighted by Gasteiger charge is -2.24. The number of anilines is 5. The highest BCUT2D eigenvalue weighted by Gasteiger charge is 2.19. The molecule has 164 valence electrons. The van der Waals surface area contributed by atoms with Crippen LogP contribution in [0.4, 0.5) is 28.3 Å². The standard InChI is InChI=1S/C24H21N7OS/c1-32-17-10-11-18-19(13-17)33-24(29-18)30-22-21(25)23(28-15-27-22)31(20-9-5-6-12-26-20)14-16-7-3-2-4-8-16/h2-13,15H,14,25H2,1H3,(H,27,28,29,30). The van der Waals surface area contributed by atoms with Gasteiger partial charge >= 0.3 is 0 Å². The van der Waals surface area contributed by atoms with Crippen LogP contribution in [0.1, 0.15) is 5.56 Å². The Bertz CT molecular complexity index is 1380. The molecule has 0 aliphatic carbocycles. The zero-order chi connectivity index (χ0) is 22.6. The number of pyridine rings is 1. The summed E-state index contributed by atoms with van der Waals surface area (Å²) in [5.74, 6) is 2.58. The van der Waals surface area contributed by atoms with E-state index in [0.29, 0.717) is 29.0 Å². The van der Waals surface area contributed by atoms with Gasteiger partial charge in [-0.25, -0.2) is 19.9 Å². The van der Waals surface area contributed by atoms with Gasteiger partial charge in [-0.1, -0.05) is 47.7 Å². The monoisotopic (exact) mass is 455 g/mol. The molecule has 0 aliphatic rings. The van der Waals surface area contributed by atoms with Gasteiger partial charge in [0.15, 0.2) is 16.8 Å². The maximum atomic E-state index is 6.56. The van der Waals surface area contributed by atoms with Crippen LogP contribution in [0.3, 0.4) is 0 Å². The lowest BCUT2D eigenvalue weighted by atomic mass is 10.2. The smallest absolute Gasteiger partial charge is 0.189 e. The summed E-state index contributed by atoms with van der Waals surface area (Å²) >= 11 is 1.50. The van der Waals surface area contributed by atoms with Crippen molar-refractivity contribution in [2.24, 2.45) is 0 Å². The highest BCUT2D eigenvalue weighted by molar-refractivity contribution is 7.22. The molecule has 9 heteroatoms. The van der Waals surface area contributed by atoms with Crippen LogP contribution in [-0.4, -0.2) is 27.0 Å². The molecule has 5 aromatic rings. The van der Waals surface area contributed by atoms with Crippen molar-refractivity contribution in [3.05, 3.63) is 84.8 Å². The summed E-state index contributed by atoms with van der Waals surface area (Å²) in [6, 6.07) is 21.6. The van der Waals surface area contributed by atoms with Crippen LogP contribution in [0.2, 0.25) is 0 Å². The van der Waals surface area contributed by atoms with Gasteiger partial charge in [-0.2, -0.15) is 0 Å². The van der Waals surface area contributed by atoms with Gasteiger partial charge in [-0.3, -0.25) is 0 Å². The molecule has 0 fully saturated rings. The molecule has 3 aromatic heterocycles. The van der Waals surface area contributed by atoms with Gasteiger partial charge in [0.05, 0.1) is 23.9 Å². The van der Waals surface area contributed by atoms with E-state index in [4.69, 9.17) is 10.5 Å².